The number of nitrogens with one attached hydrogen (secondary N) is 1. The number of aromatic nitrogens is 1. The lowest BCUT2D eigenvalue weighted by atomic mass is 9.94. The first kappa shape index (κ1) is 11.1. The monoisotopic (exact) mass is 238 g/mol. The van der Waals surface area contributed by atoms with Gasteiger partial charge in [-0.1, -0.05) is 6.07 Å². The highest BCUT2D eigenvalue weighted by Crippen LogP contribution is 2.23. The molecule has 4 nitrogen and oxygen atoms in total. The Kier molecular flexibility index (Phi) is 3.19. The molecule has 1 N–H and O–H groups in total. The molecule has 1 saturated heterocycles. The minimum Gasteiger partial charge on any atom is -0.296 e. The van der Waals surface area contributed by atoms with E-state index < -0.39 is 0 Å². The number of rotatable bonds is 2. The summed E-state index contributed by atoms with van der Waals surface area (Å²) in [4.78, 5) is 26.7. The summed E-state index contributed by atoms with van der Waals surface area (Å²) in [5.74, 6) is -0.383. The van der Waals surface area contributed by atoms with E-state index in [4.69, 9.17) is 11.6 Å². The summed E-state index contributed by atoms with van der Waals surface area (Å²) >= 11 is 5.65. The van der Waals surface area contributed by atoms with Crippen molar-refractivity contribution >= 4 is 23.4 Å². The van der Waals surface area contributed by atoms with E-state index in [2.05, 4.69) is 10.3 Å². The van der Waals surface area contributed by atoms with Crippen LogP contribution in [-0.4, -0.2) is 16.8 Å². The molecule has 2 heterocycles. The predicted molar refractivity (Wildman–Crippen MR) is 58.9 cm³/mol. The number of hydrogen-bond acceptors (Lipinski definition) is 3. The maximum atomic E-state index is 11.6. The molecule has 5 heteroatoms. The van der Waals surface area contributed by atoms with E-state index in [0.29, 0.717) is 24.4 Å². The maximum Gasteiger partial charge on any atom is 0.235 e. The standard InChI is InChI=1S/C11H11ClN2O2/c12-5-7-1-3-9(13-6-7)8-2-4-10(15)14-11(8)16/h1,3,6,8H,2,4-5H2,(H,14,15,16). The van der Waals surface area contributed by atoms with Crippen molar-refractivity contribution in [3.63, 3.8) is 0 Å². The van der Waals surface area contributed by atoms with Crippen LogP contribution in [0.3, 0.4) is 0 Å². The molecule has 1 unspecified atom stereocenters. The molecule has 1 aliphatic heterocycles. The molecule has 84 valence electrons. The Morgan fingerprint density at radius 2 is 2.25 bits per heavy atom. The van der Waals surface area contributed by atoms with Gasteiger partial charge in [0, 0.05) is 18.5 Å². The van der Waals surface area contributed by atoms with E-state index in [-0.39, 0.29) is 17.7 Å². The van der Waals surface area contributed by atoms with Gasteiger partial charge >= 0.3 is 0 Å². The quantitative estimate of drug-likeness (QED) is 0.625. The van der Waals surface area contributed by atoms with E-state index in [1.807, 2.05) is 6.07 Å². The lowest BCUT2D eigenvalue weighted by Crippen LogP contribution is -2.39. The van der Waals surface area contributed by atoms with E-state index in [0.717, 1.165) is 5.56 Å². The second-order valence-electron chi connectivity index (χ2n) is 3.73. The molecule has 1 atom stereocenters. The number of pyridine rings is 1. The van der Waals surface area contributed by atoms with Gasteiger partial charge in [0.1, 0.15) is 0 Å². The van der Waals surface area contributed by atoms with Crippen molar-refractivity contribution in [3.8, 4) is 0 Å². The molecule has 1 aromatic rings. The van der Waals surface area contributed by atoms with Crippen LogP contribution in [0.4, 0.5) is 0 Å². The first-order valence-electron chi connectivity index (χ1n) is 5.05. The molecule has 2 amide bonds. The number of piperidine rings is 1. The molecule has 0 aromatic carbocycles. The largest absolute Gasteiger partial charge is 0.296 e. The van der Waals surface area contributed by atoms with Crippen molar-refractivity contribution in [2.75, 3.05) is 0 Å². The summed E-state index contributed by atoms with van der Waals surface area (Å²) in [6.07, 6.45) is 2.55. The number of nitrogens with zero attached hydrogens (tertiary/aromatic N) is 1. The van der Waals surface area contributed by atoms with Gasteiger partial charge in [0.05, 0.1) is 11.6 Å². The van der Waals surface area contributed by atoms with E-state index >= 15 is 0 Å². The van der Waals surface area contributed by atoms with E-state index in [1.54, 1.807) is 12.3 Å². The summed E-state index contributed by atoms with van der Waals surface area (Å²) in [6, 6.07) is 3.64. The van der Waals surface area contributed by atoms with Crippen LogP contribution in [0.25, 0.3) is 0 Å². The predicted octanol–water partition coefficient (Wildman–Crippen LogP) is 1.34. The third kappa shape index (κ3) is 2.22. The fraction of sp³-hybridized carbons (Fsp3) is 0.364. The van der Waals surface area contributed by atoms with Gasteiger partial charge in [-0.25, -0.2) is 0 Å². The first-order valence-corrected chi connectivity index (χ1v) is 5.58. The molecular weight excluding hydrogens is 228 g/mol. The van der Waals surface area contributed by atoms with Crippen LogP contribution >= 0.6 is 11.6 Å². The van der Waals surface area contributed by atoms with Crippen LogP contribution in [-0.2, 0) is 15.5 Å². The topological polar surface area (TPSA) is 59.1 Å². The maximum absolute atomic E-state index is 11.6. The molecule has 1 aliphatic rings. The first-order chi connectivity index (χ1) is 7.70. The van der Waals surface area contributed by atoms with Crippen molar-refractivity contribution < 1.29 is 9.59 Å². The molecule has 0 saturated carbocycles. The Balaban J connectivity index is 2.17. The van der Waals surface area contributed by atoms with Crippen LogP contribution in [0, 0.1) is 0 Å². The zero-order valence-corrected chi connectivity index (χ0v) is 9.33. The fourth-order valence-electron chi connectivity index (χ4n) is 1.70. The number of halogens is 1. The number of alkyl halides is 1. The van der Waals surface area contributed by atoms with Crippen molar-refractivity contribution in [2.24, 2.45) is 0 Å². The van der Waals surface area contributed by atoms with Crippen molar-refractivity contribution in [1.82, 2.24) is 10.3 Å². The lowest BCUT2D eigenvalue weighted by Gasteiger charge is -2.20. The minimum absolute atomic E-state index is 0.210. The normalized spacial score (nSPS) is 20.7. The number of imide groups is 1. The molecule has 16 heavy (non-hydrogen) atoms. The van der Waals surface area contributed by atoms with Gasteiger partial charge < -0.3 is 0 Å². The Morgan fingerprint density at radius 1 is 1.44 bits per heavy atom. The van der Waals surface area contributed by atoms with Crippen molar-refractivity contribution in [3.05, 3.63) is 29.6 Å². The number of hydrogen-bond donors (Lipinski definition) is 1. The van der Waals surface area contributed by atoms with Gasteiger partial charge in [0.15, 0.2) is 0 Å². The average Bonchev–Trinajstić information content (AvgIpc) is 2.29. The molecule has 1 fully saturated rings. The van der Waals surface area contributed by atoms with Gasteiger partial charge in [0.25, 0.3) is 0 Å². The van der Waals surface area contributed by atoms with Gasteiger partial charge in [-0.05, 0) is 18.1 Å². The Labute approximate surface area is 98.0 Å². The van der Waals surface area contributed by atoms with Crippen LogP contribution in [0.5, 0.6) is 0 Å². The molecule has 0 aliphatic carbocycles. The van der Waals surface area contributed by atoms with Crippen LogP contribution < -0.4 is 5.32 Å². The highest BCUT2D eigenvalue weighted by molar-refractivity contribution is 6.17. The van der Waals surface area contributed by atoms with Gasteiger partial charge in [0.2, 0.25) is 11.8 Å². The Morgan fingerprint density at radius 3 is 2.81 bits per heavy atom. The summed E-state index contributed by atoms with van der Waals surface area (Å²) in [6.45, 7) is 0. The van der Waals surface area contributed by atoms with Gasteiger partial charge in [-0.3, -0.25) is 19.9 Å². The van der Waals surface area contributed by atoms with Crippen LogP contribution in [0.2, 0.25) is 0 Å². The van der Waals surface area contributed by atoms with E-state index in [9.17, 15) is 9.59 Å². The third-order valence-corrected chi connectivity index (χ3v) is 2.91. The van der Waals surface area contributed by atoms with Crippen molar-refractivity contribution in [1.29, 1.82) is 0 Å². The van der Waals surface area contributed by atoms with Gasteiger partial charge in [-0.15, -0.1) is 11.6 Å². The summed E-state index contributed by atoms with van der Waals surface area (Å²) in [5.41, 5.74) is 1.61. The zero-order valence-electron chi connectivity index (χ0n) is 8.57. The summed E-state index contributed by atoms with van der Waals surface area (Å²) < 4.78 is 0. The minimum atomic E-state index is -0.318. The highest BCUT2D eigenvalue weighted by atomic mass is 35.5. The average molecular weight is 239 g/mol. The second-order valence-corrected chi connectivity index (χ2v) is 4.00. The zero-order chi connectivity index (χ0) is 11.5. The number of amides is 2. The molecule has 0 radical (unpaired) electrons. The lowest BCUT2D eigenvalue weighted by molar-refractivity contribution is -0.134. The number of carbonyl (C=O) groups is 2. The molecule has 0 bridgehead atoms. The summed E-state index contributed by atoms with van der Waals surface area (Å²) in [7, 11) is 0. The van der Waals surface area contributed by atoms with Gasteiger partial charge in [-0.2, -0.15) is 0 Å². The van der Waals surface area contributed by atoms with Crippen LogP contribution in [0.1, 0.15) is 30.0 Å². The van der Waals surface area contributed by atoms with Crippen LogP contribution in [0.15, 0.2) is 18.3 Å². The molecular formula is C11H11ClN2O2. The smallest absolute Gasteiger partial charge is 0.235 e. The molecule has 0 spiro atoms. The third-order valence-electron chi connectivity index (χ3n) is 2.60. The summed E-state index contributed by atoms with van der Waals surface area (Å²) in [5, 5.41) is 2.31. The SMILES string of the molecule is O=C1CCC(c2ccc(CCl)cn2)C(=O)N1. The van der Waals surface area contributed by atoms with Crippen molar-refractivity contribution in [2.45, 2.75) is 24.6 Å². The molecule has 2 rings (SSSR count). The Bertz CT molecular complexity index is 416. The second kappa shape index (κ2) is 4.61. The Hall–Kier alpha value is -1.42. The highest BCUT2D eigenvalue weighted by Gasteiger charge is 2.28. The molecule has 1 aromatic heterocycles. The fourth-order valence-corrected chi connectivity index (χ4v) is 1.85. The van der Waals surface area contributed by atoms with E-state index in [1.165, 1.54) is 0 Å². The number of carbonyl (C=O) groups excluding carboxylic acids is 2.